The first-order valence-electron chi connectivity index (χ1n) is 8.87. The van der Waals surface area contributed by atoms with E-state index < -0.39 is 0 Å². The molecule has 4 aromatic rings. The molecule has 0 saturated carbocycles. The molecule has 0 radical (unpaired) electrons. The first-order chi connectivity index (χ1) is 13.2. The molecule has 0 saturated heterocycles. The molecule has 4 aromatic heterocycles. The van der Waals surface area contributed by atoms with Gasteiger partial charge < -0.3 is 19.5 Å². The van der Waals surface area contributed by atoms with Crippen LogP contribution in [0.1, 0.15) is 17.4 Å². The van der Waals surface area contributed by atoms with Crippen molar-refractivity contribution in [2.24, 2.45) is 0 Å². The summed E-state index contributed by atoms with van der Waals surface area (Å²) >= 11 is 1.63. The summed E-state index contributed by atoms with van der Waals surface area (Å²) in [5.41, 5.74) is 1.93. The number of anilines is 1. The smallest absolute Gasteiger partial charge is 0.230 e. The van der Waals surface area contributed by atoms with Crippen molar-refractivity contribution in [3.63, 3.8) is 0 Å². The van der Waals surface area contributed by atoms with Gasteiger partial charge in [-0.1, -0.05) is 6.92 Å². The third kappa shape index (κ3) is 2.97. The number of aliphatic hydroxyl groups excluding tert-OH is 2. The van der Waals surface area contributed by atoms with Gasteiger partial charge in [0.25, 0.3) is 0 Å². The highest BCUT2D eigenvalue weighted by molar-refractivity contribution is 7.18. The predicted octanol–water partition coefficient (Wildman–Crippen LogP) is 2.26. The van der Waals surface area contributed by atoms with Crippen LogP contribution in [-0.2, 0) is 6.42 Å². The number of aliphatic hydroxyl groups is 2. The van der Waals surface area contributed by atoms with Crippen LogP contribution in [-0.4, -0.2) is 56.1 Å². The van der Waals surface area contributed by atoms with Crippen LogP contribution in [0, 0.1) is 6.92 Å². The maximum atomic E-state index is 9.44. The molecule has 0 fully saturated rings. The van der Waals surface area contributed by atoms with Gasteiger partial charge in [-0.05, 0) is 31.0 Å². The van der Waals surface area contributed by atoms with Gasteiger partial charge in [0.05, 0.1) is 24.9 Å². The zero-order valence-electron chi connectivity index (χ0n) is 15.2. The van der Waals surface area contributed by atoms with Crippen molar-refractivity contribution in [3.05, 3.63) is 28.8 Å². The van der Waals surface area contributed by atoms with Crippen molar-refractivity contribution in [3.8, 4) is 11.6 Å². The molecule has 0 atom stereocenters. The van der Waals surface area contributed by atoms with Crippen LogP contribution in [0.3, 0.4) is 0 Å². The van der Waals surface area contributed by atoms with Crippen LogP contribution < -0.4 is 4.90 Å². The van der Waals surface area contributed by atoms with Gasteiger partial charge in [-0.15, -0.1) is 16.4 Å². The molecule has 8 nitrogen and oxygen atoms in total. The van der Waals surface area contributed by atoms with E-state index in [2.05, 4.69) is 18.9 Å². The highest BCUT2D eigenvalue weighted by atomic mass is 32.1. The lowest BCUT2D eigenvalue weighted by molar-refractivity contribution is 0.280. The van der Waals surface area contributed by atoms with Gasteiger partial charge in [0, 0.05) is 18.0 Å². The Morgan fingerprint density at radius 1 is 1.22 bits per heavy atom. The maximum Gasteiger partial charge on any atom is 0.230 e. The van der Waals surface area contributed by atoms with Crippen LogP contribution in [0.25, 0.3) is 27.4 Å². The second-order valence-electron chi connectivity index (χ2n) is 6.16. The molecule has 0 unspecified atom stereocenters. The van der Waals surface area contributed by atoms with Crippen molar-refractivity contribution in [1.29, 1.82) is 0 Å². The average molecular weight is 387 g/mol. The molecule has 0 aliphatic heterocycles. The summed E-state index contributed by atoms with van der Waals surface area (Å²) in [5.74, 6) is 1.61. The van der Waals surface area contributed by atoms with Gasteiger partial charge in [-0.3, -0.25) is 0 Å². The van der Waals surface area contributed by atoms with Crippen LogP contribution in [0.15, 0.2) is 22.8 Å². The van der Waals surface area contributed by atoms with E-state index in [4.69, 9.17) is 14.4 Å². The summed E-state index contributed by atoms with van der Waals surface area (Å²) in [7, 11) is 0. The van der Waals surface area contributed by atoms with E-state index in [0.29, 0.717) is 36.3 Å². The first-order valence-corrected chi connectivity index (χ1v) is 9.68. The second kappa shape index (κ2) is 7.26. The van der Waals surface area contributed by atoms with E-state index in [9.17, 15) is 10.2 Å². The summed E-state index contributed by atoms with van der Waals surface area (Å²) in [4.78, 5) is 13.5. The number of thiophene rings is 1. The van der Waals surface area contributed by atoms with Crippen LogP contribution in [0.4, 0.5) is 5.95 Å². The standard InChI is InChI=1S/C18H21N5O3S/c1-3-12-11(2)27-17-14(12)16-19-15(13-5-4-10-26-13)21-23(16)18(20-17)22(6-8-24)7-9-25/h4-5,10,24-25H,3,6-9H2,1-2H3. The fourth-order valence-corrected chi connectivity index (χ4v) is 4.42. The Kier molecular flexibility index (Phi) is 4.81. The molecular formula is C18H21N5O3S. The Morgan fingerprint density at radius 3 is 2.63 bits per heavy atom. The SMILES string of the molecule is CCc1c(C)sc2nc(N(CCO)CCO)n3nc(-c4ccco4)nc3c12. The Hall–Kier alpha value is -2.49. The summed E-state index contributed by atoms with van der Waals surface area (Å²) in [5, 5.41) is 24.5. The molecule has 2 N–H and O–H groups in total. The molecule has 27 heavy (non-hydrogen) atoms. The summed E-state index contributed by atoms with van der Waals surface area (Å²) in [6, 6.07) is 3.61. The van der Waals surface area contributed by atoms with Crippen LogP contribution in [0.2, 0.25) is 0 Å². The third-order valence-corrected chi connectivity index (χ3v) is 5.57. The van der Waals surface area contributed by atoms with Crippen molar-refractivity contribution in [2.75, 3.05) is 31.2 Å². The quantitative estimate of drug-likeness (QED) is 0.502. The van der Waals surface area contributed by atoms with Gasteiger partial charge in [0.2, 0.25) is 11.8 Å². The monoisotopic (exact) mass is 387 g/mol. The molecule has 142 valence electrons. The van der Waals surface area contributed by atoms with E-state index in [1.807, 2.05) is 11.0 Å². The molecule has 4 rings (SSSR count). The molecule has 0 aromatic carbocycles. The summed E-state index contributed by atoms with van der Waals surface area (Å²) in [6.45, 7) is 4.79. The van der Waals surface area contributed by atoms with Gasteiger partial charge in [-0.25, -0.2) is 9.97 Å². The maximum absolute atomic E-state index is 9.44. The highest BCUT2D eigenvalue weighted by Gasteiger charge is 2.22. The molecule has 4 heterocycles. The number of nitrogens with zero attached hydrogens (tertiary/aromatic N) is 5. The number of hydrogen-bond donors (Lipinski definition) is 2. The normalized spacial score (nSPS) is 11.7. The van der Waals surface area contributed by atoms with E-state index >= 15 is 0 Å². The molecular weight excluding hydrogens is 366 g/mol. The number of furan rings is 1. The molecule has 0 aliphatic carbocycles. The number of fused-ring (bicyclic) bond motifs is 3. The third-order valence-electron chi connectivity index (χ3n) is 4.53. The van der Waals surface area contributed by atoms with Crippen LogP contribution >= 0.6 is 11.3 Å². The number of aryl methyl sites for hydroxylation is 2. The van der Waals surface area contributed by atoms with Gasteiger partial charge >= 0.3 is 0 Å². The minimum absolute atomic E-state index is 0.0510. The van der Waals surface area contributed by atoms with Crippen molar-refractivity contribution in [2.45, 2.75) is 20.3 Å². The first kappa shape index (κ1) is 17.9. The number of hydrogen-bond acceptors (Lipinski definition) is 8. The lowest BCUT2D eigenvalue weighted by Crippen LogP contribution is -2.32. The Bertz CT molecular complexity index is 1060. The average Bonchev–Trinajstić information content (AvgIpc) is 3.37. The second-order valence-corrected chi connectivity index (χ2v) is 7.37. The van der Waals surface area contributed by atoms with Crippen molar-refractivity contribution < 1.29 is 14.6 Å². The largest absolute Gasteiger partial charge is 0.461 e. The summed E-state index contributed by atoms with van der Waals surface area (Å²) < 4.78 is 7.16. The Labute approximate surface area is 159 Å². The van der Waals surface area contributed by atoms with Gasteiger partial charge in [-0.2, -0.15) is 4.52 Å². The molecule has 0 bridgehead atoms. The number of rotatable bonds is 7. The Balaban J connectivity index is 2.04. The lowest BCUT2D eigenvalue weighted by atomic mass is 10.1. The highest BCUT2D eigenvalue weighted by Crippen LogP contribution is 2.35. The fraction of sp³-hybridized carbons (Fsp3) is 0.389. The van der Waals surface area contributed by atoms with Crippen molar-refractivity contribution >= 4 is 33.1 Å². The van der Waals surface area contributed by atoms with Gasteiger partial charge in [0.15, 0.2) is 11.4 Å². The van der Waals surface area contributed by atoms with Crippen LogP contribution in [0.5, 0.6) is 0 Å². The van der Waals surface area contributed by atoms with Crippen molar-refractivity contribution in [1.82, 2.24) is 19.6 Å². The van der Waals surface area contributed by atoms with E-state index in [1.165, 1.54) is 10.4 Å². The van der Waals surface area contributed by atoms with E-state index in [1.54, 1.807) is 28.2 Å². The zero-order chi connectivity index (χ0) is 19.0. The van der Waals surface area contributed by atoms with E-state index in [-0.39, 0.29) is 13.2 Å². The Morgan fingerprint density at radius 2 is 2.00 bits per heavy atom. The summed E-state index contributed by atoms with van der Waals surface area (Å²) in [6.07, 6.45) is 2.47. The lowest BCUT2D eigenvalue weighted by Gasteiger charge is -2.21. The molecule has 0 amide bonds. The fourth-order valence-electron chi connectivity index (χ4n) is 3.32. The minimum Gasteiger partial charge on any atom is -0.461 e. The molecule has 0 spiro atoms. The minimum atomic E-state index is -0.0510. The van der Waals surface area contributed by atoms with E-state index in [0.717, 1.165) is 16.6 Å². The predicted molar refractivity (Wildman–Crippen MR) is 104 cm³/mol. The van der Waals surface area contributed by atoms with Gasteiger partial charge in [0.1, 0.15) is 4.83 Å². The number of aromatic nitrogens is 4. The molecule has 0 aliphatic rings. The topological polar surface area (TPSA) is 99.9 Å². The molecule has 9 heteroatoms. The zero-order valence-corrected chi connectivity index (χ0v) is 16.0.